The molecule has 28 heavy (non-hydrogen) atoms. The molecule has 0 aliphatic carbocycles. The van der Waals surface area contributed by atoms with Crippen LogP contribution < -0.4 is 0 Å². The quantitative estimate of drug-likeness (QED) is 0.351. The van der Waals surface area contributed by atoms with E-state index in [2.05, 4.69) is 27.7 Å². The molecule has 0 bridgehead atoms. The van der Waals surface area contributed by atoms with E-state index in [1.165, 1.54) is 0 Å². The second kappa shape index (κ2) is 9.57. The van der Waals surface area contributed by atoms with Gasteiger partial charge in [0.25, 0.3) is 3.79 Å². The number of aliphatic hydroxyl groups excluding tert-OH is 1. The lowest BCUT2D eigenvalue weighted by Crippen LogP contribution is -2.51. The van der Waals surface area contributed by atoms with E-state index in [9.17, 15) is 5.11 Å². The van der Waals surface area contributed by atoms with Gasteiger partial charge < -0.3 is 19.3 Å². The summed E-state index contributed by atoms with van der Waals surface area (Å²) in [4.78, 5) is 0. The molecule has 2 rings (SSSR count). The highest BCUT2D eigenvalue weighted by atomic mass is 35.6. The molecule has 164 valence electrons. The Balaban J connectivity index is 2.06. The zero-order valence-electron chi connectivity index (χ0n) is 17.5. The van der Waals surface area contributed by atoms with E-state index in [4.69, 9.17) is 54.4 Å². The van der Waals surface area contributed by atoms with Gasteiger partial charge in [-0.3, -0.25) is 5.41 Å². The van der Waals surface area contributed by atoms with Gasteiger partial charge in [0, 0.05) is 5.92 Å². The second-order valence-corrected chi connectivity index (χ2v) is 11.0. The number of ether oxygens (including phenoxy) is 3. The molecule has 5 nitrogen and oxygen atoms in total. The molecule has 0 saturated carbocycles. The van der Waals surface area contributed by atoms with Gasteiger partial charge in [-0.05, 0) is 42.9 Å². The molecule has 2 heterocycles. The summed E-state index contributed by atoms with van der Waals surface area (Å²) in [5, 5.41) is 17.5. The molecule has 0 spiro atoms. The Bertz CT molecular complexity index is 542. The first kappa shape index (κ1) is 24.5. The maximum Gasteiger partial charge on any atom is 0.265 e. The van der Waals surface area contributed by atoms with Gasteiger partial charge >= 0.3 is 0 Å². The molecule has 0 radical (unpaired) electrons. The van der Waals surface area contributed by atoms with Gasteiger partial charge in [0.2, 0.25) is 12.2 Å². The summed E-state index contributed by atoms with van der Waals surface area (Å²) in [6, 6.07) is 0. The van der Waals surface area contributed by atoms with Crippen molar-refractivity contribution >= 4 is 40.7 Å². The first-order chi connectivity index (χ1) is 12.9. The van der Waals surface area contributed by atoms with Crippen molar-refractivity contribution in [3.05, 3.63) is 0 Å². The van der Waals surface area contributed by atoms with Crippen LogP contribution in [0, 0.1) is 40.9 Å². The van der Waals surface area contributed by atoms with E-state index in [-0.39, 0.29) is 42.7 Å². The monoisotopic (exact) mass is 457 g/mol. The molecule has 10 atom stereocenters. The third kappa shape index (κ3) is 5.28. The van der Waals surface area contributed by atoms with Crippen LogP contribution in [0.3, 0.4) is 0 Å². The van der Waals surface area contributed by atoms with Gasteiger partial charge in [0.1, 0.15) is 0 Å². The van der Waals surface area contributed by atoms with Crippen LogP contribution in [0.5, 0.6) is 0 Å². The SMILES string of the molecule is CC1[C@H](C[C@H]2C(C)OC(OC(=N)C(Cl)(Cl)Cl)C(C)[C@H]2C)OC(CO)[C@H](C)[C@@H]1C. The van der Waals surface area contributed by atoms with Gasteiger partial charge in [-0.1, -0.05) is 69.4 Å². The Labute approximate surface area is 183 Å². The van der Waals surface area contributed by atoms with Crippen molar-refractivity contribution in [1.82, 2.24) is 0 Å². The summed E-state index contributed by atoms with van der Waals surface area (Å²) >= 11 is 17.2. The highest BCUT2D eigenvalue weighted by Crippen LogP contribution is 2.43. The first-order valence-electron chi connectivity index (χ1n) is 10.1. The van der Waals surface area contributed by atoms with Crippen LogP contribution in [0.15, 0.2) is 0 Å². The number of aliphatic hydroxyl groups is 1. The molecule has 2 aliphatic heterocycles. The minimum Gasteiger partial charge on any atom is -0.448 e. The molecule has 2 fully saturated rings. The fourth-order valence-corrected chi connectivity index (χ4v) is 4.74. The topological polar surface area (TPSA) is 71.8 Å². The minimum atomic E-state index is -1.90. The summed E-state index contributed by atoms with van der Waals surface area (Å²) < 4.78 is 16.0. The van der Waals surface area contributed by atoms with Crippen molar-refractivity contribution in [3.63, 3.8) is 0 Å². The van der Waals surface area contributed by atoms with Crippen molar-refractivity contribution in [2.45, 2.75) is 76.4 Å². The van der Waals surface area contributed by atoms with E-state index in [1.807, 2.05) is 13.8 Å². The molecule has 5 unspecified atom stereocenters. The first-order valence-corrected chi connectivity index (χ1v) is 11.3. The van der Waals surface area contributed by atoms with Crippen LogP contribution in [0.2, 0.25) is 0 Å². The smallest absolute Gasteiger partial charge is 0.265 e. The average molecular weight is 459 g/mol. The predicted molar refractivity (Wildman–Crippen MR) is 113 cm³/mol. The highest BCUT2D eigenvalue weighted by Gasteiger charge is 2.46. The maximum atomic E-state index is 9.70. The lowest BCUT2D eigenvalue weighted by molar-refractivity contribution is -0.228. The maximum absolute atomic E-state index is 9.70. The highest BCUT2D eigenvalue weighted by molar-refractivity contribution is 6.76. The van der Waals surface area contributed by atoms with E-state index in [0.29, 0.717) is 17.8 Å². The van der Waals surface area contributed by atoms with Crippen molar-refractivity contribution in [2.75, 3.05) is 6.61 Å². The zero-order chi connectivity index (χ0) is 21.4. The van der Waals surface area contributed by atoms with Crippen LogP contribution >= 0.6 is 34.8 Å². The minimum absolute atomic E-state index is 0.0257. The Kier molecular flexibility index (Phi) is 8.37. The summed E-state index contributed by atoms with van der Waals surface area (Å²) in [6.45, 7) is 12.9. The third-order valence-electron chi connectivity index (χ3n) is 7.24. The zero-order valence-corrected chi connectivity index (χ0v) is 19.8. The third-order valence-corrected chi connectivity index (χ3v) is 7.76. The average Bonchev–Trinajstić information content (AvgIpc) is 2.62. The van der Waals surface area contributed by atoms with Crippen molar-refractivity contribution < 1.29 is 19.3 Å². The largest absolute Gasteiger partial charge is 0.448 e. The van der Waals surface area contributed by atoms with Gasteiger partial charge in [0.05, 0.1) is 24.9 Å². The van der Waals surface area contributed by atoms with E-state index >= 15 is 0 Å². The summed E-state index contributed by atoms with van der Waals surface area (Å²) in [5.74, 6) is 1.35. The fraction of sp³-hybridized carbons (Fsp3) is 0.950. The Morgan fingerprint density at radius 3 is 2.00 bits per heavy atom. The molecule has 0 aromatic rings. The number of hydrogen-bond acceptors (Lipinski definition) is 5. The molecular weight excluding hydrogens is 425 g/mol. The molecule has 0 aromatic heterocycles. The number of alkyl halides is 3. The number of nitrogens with one attached hydrogen (secondary N) is 1. The van der Waals surface area contributed by atoms with Gasteiger partial charge in [-0.2, -0.15) is 0 Å². The summed E-state index contributed by atoms with van der Waals surface area (Å²) in [7, 11) is 0. The molecule has 2 N–H and O–H groups in total. The second-order valence-electron chi connectivity index (χ2n) is 8.75. The summed E-state index contributed by atoms with van der Waals surface area (Å²) in [5.41, 5.74) is 0. The molecule has 2 saturated heterocycles. The van der Waals surface area contributed by atoms with Crippen LogP contribution in [-0.2, 0) is 14.2 Å². The Morgan fingerprint density at radius 2 is 1.46 bits per heavy atom. The molecular formula is C20H34Cl3NO4. The van der Waals surface area contributed by atoms with Crippen molar-refractivity contribution in [1.29, 1.82) is 5.41 Å². The van der Waals surface area contributed by atoms with Gasteiger partial charge in [-0.15, -0.1) is 0 Å². The molecule has 2 aliphatic rings. The van der Waals surface area contributed by atoms with Crippen LogP contribution in [-0.4, -0.2) is 46.0 Å². The van der Waals surface area contributed by atoms with E-state index in [0.717, 1.165) is 6.42 Å². The van der Waals surface area contributed by atoms with Crippen molar-refractivity contribution in [2.24, 2.45) is 35.5 Å². The number of hydrogen-bond donors (Lipinski definition) is 2. The van der Waals surface area contributed by atoms with Crippen LogP contribution in [0.4, 0.5) is 0 Å². The van der Waals surface area contributed by atoms with E-state index < -0.39 is 16.0 Å². The molecule has 8 heteroatoms. The van der Waals surface area contributed by atoms with Crippen LogP contribution in [0.25, 0.3) is 0 Å². The molecule has 0 aromatic carbocycles. The number of halogens is 3. The van der Waals surface area contributed by atoms with Gasteiger partial charge in [0.15, 0.2) is 0 Å². The molecule has 0 amide bonds. The lowest BCUT2D eigenvalue weighted by atomic mass is 9.70. The van der Waals surface area contributed by atoms with Crippen LogP contribution in [0.1, 0.15) is 48.0 Å². The number of rotatable bonds is 4. The Hall–Kier alpha value is 0.220. The predicted octanol–water partition coefficient (Wildman–Crippen LogP) is 5.04. The fourth-order valence-electron chi connectivity index (χ4n) is 4.60. The summed E-state index contributed by atoms with van der Waals surface area (Å²) in [6.07, 6.45) is 0.0990. The van der Waals surface area contributed by atoms with E-state index in [1.54, 1.807) is 0 Å². The lowest BCUT2D eigenvalue weighted by Gasteiger charge is -2.48. The Morgan fingerprint density at radius 1 is 0.893 bits per heavy atom. The standard InChI is InChI=1S/C20H34Cl3NO4/c1-9-11(3)16(27-17(8-25)12(9)4)7-15-10(2)13(5)18(26-14(15)6)28-19(24)20(21,22)23/h9-18,24-25H,7-8H2,1-6H3/t9-,10-,11?,12-,13?,14?,15-,16+,17?,18?/m1/s1. The normalized spacial score (nSPS) is 44.9. The van der Waals surface area contributed by atoms with Gasteiger partial charge in [-0.25, -0.2) is 0 Å². The van der Waals surface area contributed by atoms with Crippen molar-refractivity contribution in [3.8, 4) is 0 Å².